The summed E-state index contributed by atoms with van der Waals surface area (Å²) < 4.78 is 18.8. The van der Waals surface area contributed by atoms with E-state index >= 15 is 0 Å². The van der Waals surface area contributed by atoms with Crippen LogP contribution >= 0.6 is 24.0 Å². The number of hydrogen-bond donors (Lipinski definition) is 2. The third kappa shape index (κ3) is 5.78. The number of guanidine groups is 1. The van der Waals surface area contributed by atoms with E-state index in [0.29, 0.717) is 12.5 Å². The zero-order valence-electron chi connectivity index (χ0n) is 12.5. The van der Waals surface area contributed by atoms with E-state index in [0.717, 1.165) is 31.6 Å². The van der Waals surface area contributed by atoms with Crippen LogP contribution in [0.3, 0.4) is 0 Å². The van der Waals surface area contributed by atoms with Crippen LogP contribution in [0.25, 0.3) is 0 Å². The van der Waals surface area contributed by atoms with Gasteiger partial charge in [-0.25, -0.2) is 4.39 Å². The van der Waals surface area contributed by atoms with Crippen molar-refractivity contribution in [1.82, 2.24) is 10.6 Å². The van der Waals surface area contributed by atoms with Crippen molar-refractivity contribution in [2.75, 3.05) is 20.2 Å². The summed E-state index contributed by atoms with van der Waals surface area (Å²) in [7, 11) is 1.72. The molecule has 2 N–H and O–H groups in total. The number of ether oxygens (including phenoxy) is 1. The van der Waals surface area contributed by atoms with Crippen LogP contribution in [0.4, 0.5) is 4.39 Å². The van der Waals surface area contributed by atoms with Gasteiger partial charge in [0.15, 0.2) is 5.96 Å². The molecule has 0 amide bonds. The van der Waals surface area contributed by atoms with Gasteiger partial charge in [-0.3, -0.25) is 4.99 Å². The van der Waals surface area contributed by atoms with Gasteiger partial charge < -0.3 is 15.4 Å². The highest BCUT2D eigenvalue weighted by molar-refractivity contribution is 14.0. The topological polar surface area (TPSA) is 45.7 Å². The maximum atomic E-state index is 13.1. The first kappa shape index (κ1) is 18.2. The number of benzene rings is 1. The summed E-state index contributed by atoms with van der Waals surface area (Å²) in [6, 6.07) is 6.54. The van der Waals surface area contributed by atoms with Crippen LogP contribution in [0.15, 0.2) is 29.3 Å². The maximum Gasteiger partial charge on any atom is 0.191 e. The zero-order valence-corrected chi connectivity index (χ0v) is 14.8. The Balaban J connectivity index is 0.00000220. The summed E-state index contributed by atoms with van der Waals surface area (Å²) >= 11 is 0. The van der Waals surface area contributed by atoms with E-state index in [9.17, 15) is 4.39 Å². The molecule has 21 heavy (non-hydrogen) atoms. The third-order valence-electron chi connectivity index (χ3n) is 3.50. The Morgan fingerprint density at radius 3 is 2.86 bits per heavy atom. The molecule has 0 aromatic heterocycles. The van der Waals surface area contributed by atoms with E-state index < -0.39 is 0 Å². The highest BCUT2D eigenvalue weighted by atomic mass is 127. The van der Waals surface area contributed by atoms with Crippen LogP contribution in [0, 0.1) is 5.82 Å². The Hall–Kier alpha value is -0.890. The predicted octanol–water partition coefficient (Wildman–Crippen LogP) is 2.68. The average Bonchev–Trinajstić information content (AvgIpc) is 2.86. The van der Waals surface area contributed by atoms with E-state index in [1.807, 2.05) is 6.07 Å². The number of halogens is 2. The first-order valence-corrected chi connectivity index (χ1v) is 6.94. The molecule has 2 rings (SSSR count). The minimum Gasteiger partial charge on any atom is -0.373 e. The van der Waals surface area contributed by atoms with Gasteiger partial charge >= 0.3 is 0 Å². The molecule has 0 spiro atoms. The summed E-state index contributed by atoms with van der Waals surface area (Å²) in [5, 5.41) is 6.43. The minimum absolute atomic E-state index is 0. The van der Waals surface area contributed by atoms with Crippen LogP contribution in [0.1, 0.15) is 25.3 Å². The van der Waals surface area contributed by atoms with Crippen molar-refractivity contribution in [3.05, 3.63) is 35.6 Å². The van der Waals surface area contributed by atoms with Gasteiger partial charge in [-0.05, 0) is 37.5 Å². The van der Waals surface area contributed by atoms with E-state index in [2.05, 4.69) is 22.5 Å². The maximum absolute atomic E-state index is 13.1. The molecule has 0 bridgehead atoms. The quantitative estimate of drug-likeness (QED) is 0.459. The highest BCUT2D eigenvalue weighted by Gasteiger charge is 2.29. The normalized spacial score (nSPS) is 21.8. The summed E-state index contributed by atoms with van der Waals surface area (Å²) in [6.45, 7) is 4.19. The second-order valence-corrected chi connectivity index (χ2v) is 5.31. The number of hydrogen-bond acceptors (Lipinski definition) is 2. The summed E-state index contributed by atoms with van der Waals surface area (Å²) in [6.07, 6.45) is 2.16. The number of rotatable bonds is 4. The number of nitrogens with one attached hydrogen (secondary N) is 2. The van der Waals surface area contributed by atoms with Crippen molar-refractivity contribution in [2.24, 2.45) is 4.99 Å². The Morgan fingerprint density at radius 2 is 2.24 bits per heavy atom. The van der Waals surface area contributed by atoms with Crippen LogP contribution in [-0.4, -0.2) is 31.8 Å². The van der Waals surface area contributed by atoms with Gasteiger partial charge in [0.2, 0.25) is 0 Å². The molecular weight excluding hydrogens is 384 g/mol. The highest BCUT2D eigenvalue weighted by Crippen LogP contribution is 2.23. The first-order chi connectivity index (χ1) is 9.61. The molecule has 4 nitrogen and oxygen atoms in total. The molecule has 0 saturated carbocycles. The van der Waals surface area contributed by atoms with Gasteiger partial charge in [0, 0.05) is 26.7 Å². The van der Waals surface area contributed by atoms with E-state index in [4.69, 9.17) is 4.74 Å². The Kier molecular flexibility index (Phi) is 7.37. The molecule has 6 heteroatoms. The van der Waals surface area contributed by atoms with Crippen LogP contribution in [0.2, 0.25) is 0 Å². The summed E-state index contributed by atoms with van der Waals surface area (Å²) in [5.41, 5.74) is 0.771. The van der Waals surface area contributed by atoms with Crippen molar-refractivity contribution >= 4 is 29.9 Å². The lowest BCUT2D eigenvalue weighted by molar-refractivity contribution is 0.0243. The second-order valence-electron chi connectivity index (χ2n) is 5.31. The van der Waals surface area contributed by atoms with Gasteiger partial charge in [0.05, 0.1) is 5.60 Å². The van der Waals surface area contributed by atoms with Crippen molar-refractivity contribution < 1.29 is 9.13 Å². The molecule has 1 atom stereocenters. The Morgan fingerprint density at radius 1 is 1.43 bits per heavy atom. The smallest absolute Gasteiger partial charge is 0.191 e. The molecule has 118 valence electrons. The second kappa shape index (κ2) is 8.53. The lowest BCUT2D eigenvalue weighted by Crippen LogP contribution is -2.45. The van der Waals surface area contributed by atoms with Crippen molar-refractivity contribution in [3.63, 3.8) is 0 Å². The summed E-state index contributed by atoms with van der Waals surface area (Å²) in [4.78, 5) is 4.16. The number of aliphatic imine (C=N–C) groups is 1. The molecule has 1 fully saturated rings. The fourth-order valence-corrected chi connectivity index (χ4v) is 2.30. The standard InChI is InChI=1S/C15H22FN3O.HI/c1-15(7-4-8-20-15)11-19-14(17-2)18-10-12-5-3-6-13(16)9-12;/h3,5-6,9H,4,7-8,10-11H2,1-2H3,(H2,17,18,19);1H. The predicted molar refractivity (Wildman–Crippen MR) is 93.6 cm³/mol. The zero-order chi connectivity index (χ0) is 14.4. The Labute approximate surface area is 142 Å². The van der Waals surface area contributed by atoms with Crippen LogP contribution in [0.5, 0.6) is 0 Å². The van der Waals surface area contributed by atoms with Gasteiger partial charge in [0.1, 0.15) is 5.82 Å². The first-order valence-electron chi connectivity index (χ1n) is 6.94. The van der Waals surface area contributed by atoms with Crippen molar-refractivity contribution in [2.45, 2.75) is 31.9 Å². The van der Waals surface area contributed by atoms with Crippen LogP contribution in [-0.2, 0) is 11.3 Å². The van der Waals surface area contributed by atoms with Crippen molar-refractivity contribution in [1.29, 1.82) is 0 Å². The van der Waals surface area contributed by atoms with Gasteiger partial charge in [-0.1, -0.05) is 12.1 Å². The lowest BCUT2D eigenvalue weighted by Gasteiger charge is -2.24. The fourth-order valence-electron chi connectivity index (χ4n) is 2.30. The molecule has 1 aromatic carbocycles. The van der Waals surface area contributed by atoms with Gasteiger partial charge in [0.25, 0.3) is 0 Å². The summed E-state index contributed by atoms with van der Waals surface area (Å²) in [5.74, 6) is 0.477. The van der Waals surface area contributed by atoms with E-state index in [1.165, 1.54) is 12.1 Å². The SMILES string of the molecule is CN=C(NCc1cccc(F)c1)NCC1(C)CCCO1.I. The number of nitrogens with zero attached hydrogens (tertiary/aromatic N) is 1. The van der Waals surface area contributed by atoms with E-state index in [1.54, 1.807) is 13.1 Å². The third-order valence-corrected chi connectivity index (χ3v) is 3.50. The molecule has 1 aromatic rings. The van der Waals surface area contributed by atoms with Gasteiger partial charge in [-0.15, -0.1) is 24.0 Å². The molecule has 0 aliphatic carbocycles. The van der Waals surface area contributed by atoms with Crippen molar-refractivity contribution in [3.8, 4) is 0 Å². The van der Waals surface area contributed by atoms with Crippen LogP contribution < -0.4 is 10.6 Å². The molecule has 1 aliphatic rings. The molecule has 1 unspecified atom stereocenters. The largest absolute Gasteiger partial charge is 0.373 e. The monoisotopic (exact) mass is 407 g/mol. The molecule has 1 saturated heterocycles. The lowest BCUT2D eigenvalue weighted by atomic mass is 10.0. The van der Waals surface area contributed by atoms with E-state index in [-0.39, 0.29) is 35.4 Å². The molecule has 1 aliphatic heterocycles. The minimum atomic E-state index is -0.223. The average molecular weight is 407 g/mol. The van der Waals surface area contributed by atoms with Gasteiger partial charge in [-0.2, -0.15) is 0 Å². The Bertz CT molecular complexity index is 476. The molecular formula is C15H23FIN3O. The fraction of sp³-hybridized carbons (Fsp3) is 0.533. The molecule has 1 heterocycles. The molecule has 0 radical (unpaired) electrons.